The van der Waals surface area contributed by atoms with Crippen molar-refractivity contribution in [2.24, 2.45) is 0 Å². The Morgan fingerprint density at radius 1 is 0.923 bits per heavy atom. The molecule has 0 aromatic rings. The molecule has 0 bridgehead atoms. The first-order valence-corrected chi connectivity index (χ1v) is 4.67. The van der Waals surface area contributed by atoms with E-state index in [0.29, 0.717) is 0 Å². The van der Waals surface area contributed by atoms with Crippen LogP contribution in [-0.4, -0.2) is 36.5 Å². The SMILES string of the molecule is OCC1=C(CO)CC2=C(CNC2)C1. The molecule has 0 saturated carbocycles. The molecule has 0 radical (unpaired) electrons. The number of hydrogen-bond donors (Lipinski definition) is 3. The van der Waals surface area contributed by atoms with Gasteiger partial charge in [0.25, 0.3) is 0 Å². The van der Waals surface area contributed by atoms with Crippen LogP contribution in [0.3, 0.4) is 0 Å². The Morgan fingerprint density at radius 2 is 1.38 bits per heavy atom. The average molecular weight is 181 g/mol. The van der Waals surface area contributed by atoms with Gasteiger partial charge in [-0.05, 0) is 24.0 Å². The molecule has 0 fully saturated rings. The Balaban J connectivity index is 2.18. The molecule has 3 nitrogen and oxygen atoms in total. The zero-order valence-electron chi connectivity index (χ0n) is 7.64. The number of aliphatic hydroxyl groups excluding tert-OH is 2. The number of hydrogen-bond acceptors (Lipinski definition) is 3. The third-order valence-corrected chi connectivity index (χ3v) is 2.91. The van der Waals surface area contributed by atoms with Crippen LogP contribution in [0.1, 0.15) is 12.8 Å². The molecule has 3 N–H and O–H groups in total. The summed E-state index contributed by atoms with van der Waals surface area (Å²) in [7, 11) is 0. The normalized spacial score (nSPS) is 22.6. The monoisotopic (exact) mass is 181 g/mol. The fourth-order valence-corrected chi connectivity index (χ4v) is 2.09. The second-order valence-corrected chi connectivity index (χ2v) is 3.69. The molecular weight excluding hydrogens is 166 g/mol. The molecular formula is C10H15NO2. The third-order valence-electron chi connectivity index (χ3n) is 2.91. The summed E-state index contributed by atoms with van der Waals surface area (Å²) in [6.07, 6.45) is 1.71. The number of nitrogens with one attached hydrogen (secondary N) is 1. The molecule has 0 atom stereocenters. The standard InChI is InChI=1S/C10H15NO2/c12-5-9-1-7-3-11-4-8(7)2-10(9)6-13/h11-13H,1-6H2. The fourth-order valence-electron chi connectivity index (χ4n) is 2.09. The van der Waals surface area contributed by atoms with E-state index in [0.717, 1.165) is 37.1 Å². The lowest BCUT2D eigenvalue weighted by molar-refractivity contribution is 0.305. The second-order valence-electron chi connectivity index (χ2n) is 3.69. The van der Waals surface area contributed by atoms with Gasteiger partial charge in [0, 0.05) is 13.1 Å². The maximum atomic E-state index is 9.10. The van der Waals surface area contributed by atoms with Gasteiger partial charge < -0.3 is 15.5 Å². The summed E-state index contributed by atoms with van der Waals surface area (Å²) in [4.78, 5) is 0. The molecule has 0 amide bonds. The van der Waals surface area contributed by atoms with E-state index in [9.17, 15) is 0 Å². The van der Waals surface area contributed by atoms with Crippen molar-refractivity contribution >= 4 is 0 Å². The lowest BCUT2D eigenvalue weighted by Gasteiger charge is -2.19. The molecule has 3 heteroatoms. The number of rotatable bonds is 2. The van der Waals surface area contributed by atoms with Crippen molar-refractivity contribution < 1.29 is 10.2 Å². The molecule has 1 aliphatic carbocycles. The van der Waals surface area contributed by atoms with Crippen LogP contribution < -0.4 is 5.32 Å². The van der Waals surface area contributed by atoms with Gasteiger partial charge in [-0.3, -0.25) is 0 Å². The Kier molecular flexibility index (Phi) is 2.49. The molecule has 0 aromatic carbocycles. The number of aliphatic hydroxyl groups is 2. The molecule has 1 heterocycles. The van der Waals surface area contributed by atoms with Crippen molar-refractivity contribution in [3.8, 4) is 0 Å². The summed E-state index contributed by atoms with van der Waals surface area (Å²) in [6, 6.07) is 0. The van der Waals surface area contributed by atoms with Gasteiger partial charge in [0.1, 0.15) is 0 Å². The Labute approximate surface area is 77.8 Å². The first-order chi connectivity index (χ1) is 6.35. The van der Waals surface area contributed by atoms with Crippen molar-refractivity contribution in [1.29, 1.82) is 0 Å². The molecule has 1 aliphatic heterocycles. The van der Waals surface area contributed by atoms with Crippen molar-refractivity contribution in [2.45, 2.75) is 12.8 Å². The highest BCUT2D eigenvalue weighted by atomic mass is 16.3. The molecule has 2 rings (SSSR count). The van der Waals surface area contributed by atoms with Gasteiger partial charge >= 0.3 is 0 Å². The molecule has 72 valence electrons. The van der Waals surface area contributed by atoms with E-state index in [1.165, 1.54) is 11.1 Å². The summed E-state index contributed by atoms with van der Waals surface area (Å²) in [5, 5.41) is 21.5. The zero-order chi connectivity index (χ0) is 9.26. The van der Waals surface area contributed by atoms with Crippen molar-refractivity contribution in [3.05, 3.63) is 22.3 Å². The van der Waals surface area contributed by atoms with E-state index in [-0.39, 0.29) is 13.2 Å². The second kappa shape index (κ2) is 3.62. The van der Waals surface area contributed by atoms with Crippen LogP contribution in [-0.2, 0) is 0 Å². The van der Waals surface area contributed by atoms with E-state index >= 15 is 0 Å². The van der Waals surface area contributed by atoms with Gasteiger partial charge in [-0.2, -0.15) is 0 Å². The maximum absolute atomic E-state index is 9.10. The smallest absolute Gasteiger partial charge is 0.0648 e. The van der Waals surface area contributed by atoms with Crippen LogP contribution in [0.25, 0.3) is 0 Å². The van der Waals surface area contributed by atoms with Crippen LogP contribution in [0.15, 0.2) is 22.3 Å². The highest BCUT2D eigenvalue weighted by molar-refractivity contribution is 5.38. The van der Waals surface area contributed by atoms with Crippen LogP contribution >= 0.6 is 0 Å². The molecule has 0 spiro atoms. The van der Waals surface area contributed by atoms with Crippen molar-refractivity contribution in [1.82, 2.24) is 5.32 Å². The summed E-state index contributed by atoms with van der Waals surface area (Å²) < 4.78 is 0. The largest absolute Gasteiger partial charge is 0.392 e. The van der Waals surface area contributed by atoms with E-state index in [2.05, 4.69) is 5.32 Å². The highest BCUT2D eigenvalue weighted by Crippen LogP contribution is 2.31. The topological polar surface area (TPSA) is 52.5 Å². The van der Waals surface area contributed by atoms with Crippen LogP contribution in [0.4, 0.5) is 0 Å². The van der Waals surface area contributed by atoms with Crippen molar-refractivity contribution in [3.63, 3.8) is 0 Å². The first kappa shape index (κ1) is 8.94. The van der Waals surface area contributed by atoms with Gasteiger partial charge in [0.15, 0.2) is 0 Å². The van der Waals surface area contributed by atoms with Crippen LogP contribution in [0, 0.1) is 0 Å². The molecule has 0 aromatic heterocycles. The molecule has 0 unspecified atom stereocenters. The zero-order valence-corrected chi connectivity index (χ0v) is 7.64. The third kappa shape index (κ3) is 1.55. The van der Waals surface area contributed by atoms with Gasteiger partial charge in [0.05, 0.1) is 13.2 Å². The predicted molar refractivity (Wildman–Crippen MR) is 50.3 cm³/mol. The quantitative estimate of drug-likeness (QED) is 0.524. The summed E-state index contributed by atoms with van der Waals surface area (Å²) in [5.74, 6) is 0. The average Bonchev–Trinajstić information content (AvgIpc) is 2.62. The summed E-state index contributed by atoms with van der Waals surface area (Å²) in [5.41, 5.74) is 4.87. The van der Waals surface area contributed by atoms with Gasteiger partial charge in [-0.15, -0.1) is 0 Å². The van der Waals surface area contributed by atoms with E-state index in [1.54, 1.807) is 0 Å². The Hall–Kier alpha value is -0.640. The van der Waals surface area contributed by atoms with Crippen LogP contribution in [0.2, 0.25) is 0 Å². The summed E-state index contributed by atoms with van der Waals surface area (Å²) in [6.45, 7) is 2.09. The fraction of sp³-hybridized carbons (Fsp3) is 0.600. The molecule has 0 saturated heterocycles. The lowest BCUT2D eigenvalue weighted by Crippen LogP contribution is -2.09. The van der Waals surface area contributed by atoms with Crippen LogP contribution in [0.5, 0.6) is 0 Å². The highest BCUT2D eigenvalue weighted by Gasteiger charge is 2.22. The van der Waals surface area contributed by atoms with E-state index in [1.807, 2.05) is 0 Å². The minimum Gasteiger partial charge on any atom is -0.392 e. The van der Waals surface area contributed by atoms with Gasteiger partial charge in [-0.25, -0.2) is 0 Å². The Bertz CT molecular complexity index is 253. The maximum Gasteiger partial charge on any atom is 0.0648 e. The van der Waals surface area contributed by atoms with Crippen molar-refractivity contribution in [2.75, 3.05) is 26.3 Å². The molecule has 13 heavy (non-hydrogen) atoms. The Morgan fingerprint density at radius 3 is 1.77 bits per heavy atom. The predicted octanol–water partition coefficient (Wildman–Crippen LogP) is -0.0388. The van der Waals surface area contributed by atoms with E-state index in [4.69, 9.17) is 10.2 Å². The molecule has 2 aliphatic rings. The van der Waals surface area contributed by atoms with Gasteiger partial charge in [0.2, 0.25) is 0 Å². The first-order valence-electron chi connectivity index (χ1n) is 4.67. The minimum atomic E-state index is 0.0900. The minimum absolute atomic E-state index is 0.0900. The van der Waals surface area contributed by atoms with E-state index < -0.39 is 0 Å². The van der Waals surface area contributed by atoms with Gasteiger partial charge in [-0.1, -0.05) is 11.1 Å². The summed E-state index contributed by atoms with van der Waals surface area (Å²) >= 11 is 0. The lowest BCUT2D eigenvalue weighted by atomic mass is 9.88.